The molecule has 3 rings (SSSR count). The van der Waals surface area contributed by atoms with Gasteiger partial charge in [-0.3, -0.25) is 9.78 Å². The average molecular weight is 285 g/mol. The molecule has 0 aliphatic carbocycles. The molecule has 4 nitrogen and oxygen atoms in total. The maximum Gasteiger partial charge on any atom is 0.312 e. The molecule has 1 aromatic carbocycles. The summed E-state index contributed by atoms with van der Waals surface area (Å²) in [5.74, 6) is -2.24. The minimum atomic E-state index is -1.000. The van der Waals surface area contributed by atoms with Crippen LogP contribution in [0.5, 0.6) is 0 Å². The summed E-state index contributed by atoms with van der Waals surface area (Å²) < 4.78 is 18.5. The van der Waals surface area contributed by atoms with Gasteiger partial charge in [-0.1, -0.05) is 12.1 Å². The number of benzene rings is 1. The third kappa shape index (κ3) is 2.63. The van der Waals surface area contributed by atoms with Crippen LogP contribution in [0.25, 0.3) is 11.0 Å². The number of pyridine rings is 1. The molecule has 21 heavy (non-hydrogen) atoms. The highest BCUT2D eigenvalue weighted by molar-refractivity contribution is 5.86. The molecule has 1 atom stereocenters. The maximum atomic E-state index is 13.2. The van der Waals surface area contributed by atoms with E-state index >= 15 is 0 Å². The molecule has 5 heteroatoms. The third-order valence-electron chi connectivity index (χ3n) is 3.37. The van der Waals surface area contributed by atoms with Gasteiger partial charge in [0, 0.05) is 11.6 Å². The van der Waals surface area contributed by atoms with Gasteiger partial charge in [0.05, 0.1) is 12.0 Å². The zero-order valence-electron chi connectivity index (χ0n) is 11.0. The molecule has 0 aliphatic heterocycles. The van der Waals surface area contributed by atoms with E-state index in [0.29, 0.717) is 22.2 Å². The van der Waals surface area contributed by atoms with Gasteiger partial charge >= 0.3 is 5.97 Å². The monoisotopic (exact) mass is 285 g/mol. The van der Waals surface area contributed by atoms with Gasteiger partial charge in [-0.25, -0.2) is 4.39 Å². The van der Waals surface area contributed by atoms with E-state index in [4.69, 9.17) is 4.42 Å². The summed E-state index contributed by atoms with van der Waals surface area (Å²) in [6, 6.07) is 9.31. The van der Waals surface area contributed by atoms with E-state index in [0.717, 1.165) is 0 Å². The standard InChI is InChI=1S/C16H12FNO3/c17-11-3-1-2-10(8-11)9-13(16(19)20)15-12-5-7-21-14(12)4-6-18-15/h1-8,13H,9H2,(H,19,20). The van der Waals surface area contributed by atoms with Crippen LogP contribution >= 0.6 is 0 Å². The number of rotatable bonds is 4. The van der Waals surface area contributed by atoms with Crippen LogP contribution in [0.2, 0.25) is 0 Å². The molecule has 0 bridgehead atoms. The lowest BCUT2D eigenvalue weighted by Crippen LogP contribution is -2.16. The van der Waals surface area contributed by atoms with Gasteiger partial charge in [-0.2, -0.15) is 0 Å². The zero-order chi connectivity index (χ0) is 14.8. The van der Waals surface area contributed by atoms with E-state index in [9.17, 15) is 14.3 Å². The predicted octanol–water partition coefficient (Wildman–Crippen LogP) is 3.38. The SMILES string of the molecule is O=C(O)C(Cc1cccc(F)c1)c1nccc2occc12. The summed E-state index contributed by atoms with van der Waals surface area (Å²) >= 11 is 0. The highest BCUT2D eigenvalue weighted by Crippen LogP contribution is 2.27. The van der Waals surface area contributed by atoms with Gasteiger partial charge in [0.25, 0.3) is 0 Å². The lowest BCUT2D eigenvalue weighted by Gasteiger charge is -2.12. The number of carboxylic acids is 1. The number of aliphatic carboxylic acids is 1. The first kappa shape index (κ1) is 13.3. The Balaban J connectivity index is 2.02. The largest absolute Gasteiger partial charge is 0.481 e. The fourth-order valence-electron chi connectivity index (χ4n) is 2.39. The molecular weight excluding hydrogens is 273 g/mol. The number of furan rings is 1. The molecule has 0 radical (unpaired) electrons. The van der Waals surface area contributed by atoms with Crippen LogP contribution in [0.4, 0.5) is 4.39 Å². The number of fused-ring (bicyclic) bond motifs is 1. The Morgan fingerprint density at radius 3 is 2.95 bits per heavy atom. The Bertz CT molecular complexity index is 797. The summed E-state index contributed by atoms with van der Waals surface area (Å²) in [5.41, 5.74) is 1.63. The maximum absolute atomic E-state index is 13.2. The van der Waals surface area contributed by atoms with Crippen LogP contribution in [0.15, 0.2) is 53.3 Å². The van der Waals surface area contributed by atoms with Crippen molar-refractivity contribution in [1.82, 2.24) is 4.98 Å². The number of nitrogens with zero attached hydrogens (tertiary/aromatic N) is 1. The highest BCUT2D eigenvalue weighted by atomic mass is 19.1. The average Bonchev–Trinajstić information content (AvgIpc) is 2.93. The summed E-state index contributed by atoms with van der Waals surface area (Å²) in [6.07, 6.45) is 3.18. The number of carbonyl (C=O) groups is 1. The first-order valence-corrected chi connectivity index (χ1v) is 6.44. The van der Waals surface area contributed by atoms with Gasteiger partial charge in [0.2, 0.25) is 0 Å². The number of hydrogen-bond acceptors (Lipinski definition) is 3. The van der Waals surface area contributed by atoms with E-state index in [1.54, 1.807) is 24.3 Å². The molecule has 106 valence electrons. The topological polar surface area (TPSA) is 63.3 Å². The Kier molecular flexibility index (Phi) is 3.39. The Morgan fingerprint density at radius 2 is 2.19 bits per heavy atom. The van der Waals surface area contributed by atoms with E-state index < -0.39 is 11.9 Å². The Labute approximate surface area is 119 Å². The van der Waals surface area contributed by atoms with Crippen LogP contribution < -0.4 is 0 Å². The lowest BCUT2D eigenvalue weighted by molar-refractivity contribution is -0.138. The second-order valence-corrected chi connectivity index (χ2v) is 4.75. The number of carboxylic acid groups (broad SMARTS) is 1. The van der Waals surface area contributed by atoms with Crippen molar-refractivity contribution in [3.8, 4) is 0 Å². The first-order valence-electron chi connectivity index (χ1n) is 6.44. The van der Waals surface area contributed by atoms with Gasteiger partial charge in [0.15, 0.2) is 0 Å². The van der Waals surface area contributed by atoms with Crippen molar-refractivity contribution >= 4 is 16.9 Å². The van der Waals surface area contributed by atoms with Crippen molar-refractivity contribution in [1.29, 1.82) is 0 Å². The number of hydrogen-bond donors (Lipinski definition) is 1. The minimum Gasteiger partial charge on any atom is -0.481 e. The van der Waals surface area contributed by atoms with E-state index in [-0.39, 0.29) is 12.2 Å². The summed E-state index contributed by atoms with van der Waals surface area (Å²) in [4.78, 5) is 15.8. The second-order valence-electron chi connectivity index (χ2n) is 4.75. The molecule has 1 unspecified atom stereocenters. The molecule has 0 aliphatic rings. The molecule has 2 heterocycles. The summed E-state index contributed by atoms with van der Waals surface area (Å²) in [6.45, 7) is 0. The fraction of sp³-hybridized carbons (Fsp3) is 0.125. The van der Waals surface area contributed by atoms with Crippen LogP contribution in [0, 0.1) is 5.82 Å². The third-order valence-corrected chi connectivity index (χ3v) is 3.37. The number of aromatic nitrogens is 1. The van der Waals surface area contributed by atoms with Crippen molar-refractivity contribution in [2.75, 3.05) is 0 Å². The Hall–Kier alpha value is -2.69. The van der Waals surface area contributed by atoms with E-state index in [1.807, 2.05) is 0 Å². The van der Waals surface area contributed by atoms with Gasteiger partial charge in [0.1, 0.15) is 17.3 Å². The zero-order valence-corrected chi connectivity index (χ0v) is 11.0. The van der Waals surface area contributed by atoms with Crippen molar-refractivity contribution in [3.05, 3.63) is 65.9 Å². The van der Waals surface area contributed by atoms with E-state index in [1.165, 1.54) is 24.6 Å². The molecule has 2 aromatic heterocycles. The van der Waals surface area contributed by atoms with Crippen LogP contribution in [0.1, 0.15) is 17.2 Å². The lowest BCUT2D eigenvalue weighted by atomic mass is 9.94. The van der Waals surface area contributed by atoms with Crippen molar-refractivity contribution in [2.45, 2.75) is 12.3 Å². The second kappa shape index (κ2) is 5.36. The van der Waals surface area contributed by atoms with Gasteiger partial charge in [-0.15, -0.1) is 0 Å². The minimum absolute atomic E-state index is 0.171. The summed E-state index contributed by atoms with van der Waals surface area (Å²) in [7, 11) is 0. The van der Waals surface area contributed by atoms with Crippen LogP contribution in [-0.4, -0.2) is 16.1 Å². The van der Waals surface area contributed by atoms with Crippen molar-refractivity contribution in [3.63, 3.8) is 0 Å². The molecule has 0 saturated carbocycles. The highest BCUT2D eigenvalue weighted by Gasteiger charge is 2.24. The Morgan fingerprint density at radius 1 is 1.33 bits per heavy atom. The van der Waals surface area contributed by atoms with Crippen molar-refractivity contribution in [2.24, 2.45) is 0 Å². The molecule has 0 saturated heterocycles. The molecule has 1 N–H and O–H groups in total. The van der Waals surface area contributed by atoms with Gasteiger partial charge < -0.3 is 9.52 Å². The normalized spacial score (nSPS) is 12.4. The van der Waals surface area contributed by atoms with Crippen LogP contribution in [-0.2, 0) is 11.2 Å². The molecular formula is C16H12FNO3. The molecule has 3 aromatic rings. The smallest absolute Gasteiger partial charge is 0.312 e. The molecule has 0 amide bonds. The van der Waals surface area contributed by atoms with Crippen molar-refractivity contribution < 1.29 is 18.7 Å². The van der Waals surface area contributed by atoms with Gasteiger partial charge in [-0.05, 0) is 36.2 Å². The fourth-order valence-corrected chi connectivity index (χ4v) is 2.39. The number of halogens is 1. The van der Waals surface area contributed by atoms with Crippen LogP contribution in [0.3, 0.4) is 0 Å². The predicted molar refractivity (Wildman–Crippen MR) is 74.5 cm³/mol. The summed E-state index contributed by atoms with van der Waals surface area (Å²) in [5, 5.41) is 10.2. The molecule has 0 fully saturated rings. The van der Waals surface area contributed by atoms with E-state index in [2.05, 4.69) is 4.98 Å². The quantitative estimate of drug-likeness (QED) is 0.798. The molecule has 0 spiro atoms. The first-order chi connectivity index (χ1) is 10.1.